The Labute approximate surface area is 361 Å². The van der Waals surface area contributed by atoms with Crippen molar-refractivity contribution in [2.24, 2.45) is 10.7 Å². The van der Waals surface area contributed by atoms with Gasteiger partial charge < -0.3 is 25.4 Å². The van der Waals surface area contributed by atoms with Gasteiger partial charge in [0.05, 0.1) is 19.0 Å². The van der Waals surface area contributed by atoms with E-state index in [1.165, 1.54) is 24.0 Å². The van der Waals surface area contributed by atoms with E-state index >= 15 is 14.4 Å². The fourth-order valence-electron chi connectivity index (χ4n) is 7.54. The predicted molar refractivity (Wildman–Crippen MR) is 234 cm³/mol. The molecule has 1 fully saturated rings. The molecule has 14 nitrogen and oxygen atoms in total. The van der Waals surface area contributed by atoms with Crippen LogP contribution in [0.5, 0.6) is 0 Å². The summed E-state index contributed by atoms with van der Waals surface area (Å²) in [5.74, 6) is -4.76. The van der Waals surface area contributed by atoms with Crippen molar-refractivity contribution in [2.45, 2.75) is 96.8 Å². The minimum Gasteiger partial charge on any atom is -0.460 e. The van der Waals surface area contributed by atoms with Gasteiger partial charge in [0.25, 0.3) is 11.6 Å². The highest BCUT2D eigenvalue weighted by Crippen LogP contribution is 2.45. The second-order valence-electron chi connectivity index (χ2n) is 17.1. The van der Waals surface area contributed by atoms with Gasteiger partial charge in [0, 0.05) is 24.3 Å². The minimum atomic E-state index is -3.12. The van der Waals surface area contributed by atoms with Gasteiger partial charge in [-0.25, -0.2) is 14.5 Å². The molecule has 0 aromatic heterocycles. The topological polar surface area (TPSA) is 181 Å². The quantitative estimate of drug-likeness (QED) is 0.0974. The molecule has 0 aliphatic carbocycles. The number of carbonyl (C=O) groups is 6. The van der Waals surface area contributed by atoms with Crippen LogP contribution in [-0.4, -0.2) is 87.2 Å². The number of carbonyl (C=O) groups excluding carboxylic acids is 6. The number of rotatable bonds is 12. The second kappa shape index (κ2) is 17.5. The van der Waals surface area contributed by atoms with E-state index < -0.39 is 70.4 Å². The van der Waals surface area contributed by atoms with Crippen LogP contribution < -0.4 is 16.0 Å². The fourth-order valence-corrected chi connectivity index (χ4v) is 7.54. The third-order valence-corrected chi connectivity index (χ3v) is 10.3. The van der Waals surface area contributed by atoms with E-state index in [1.54, 1.807) is 84.0 Å². The van der Waals surface area contributed by atoms with E-state index in [0.717, 1.165) is 28.2 Å². The number of ether oxygens (including phenoxy) is 2. The molecule has 61 heavy (non-hydrogen) atoms. The summed E-state index contributed by atoms with van der Waals surface area (Å²) in [6, 6.07) is 25.0. The molecule has 2 aliphatic heterocycles. The summed E-state index contributed by atoms with van der Waals surface area (Å²) < 4.78 is 11.4. The Morgan fingerprint density at radius 1 is 0.852 bits per heavy atom. The number of para-hydroxylation sites is 1. The normalized spacial score (nSPS) is 18.1. The molecule has 0 spiro atoms. The number of aliphatic imine (C=N–C) groups is 1. The van der Waals surface area contributed by atoms with Crippen molar-refractivity contribution in [3.05, 3.63) is 114 Å². The van der Waals surface area contributed by atoms with Crippen LogP contribution in [0, 0.1) is 0 Å². The first-order valence-corrected chi connectivity index (χ1v) is 19.8. The highest BCUT2D eigenvalue weighted by atomic mass is 35.5. The number of ketones is 1. The van der Waals surface area contributed by atoms with E-state index in [-0.39, 0.29) is 24.6 Å². The number of imide groups is 1. The van der Waals surface area contributed by atoms with Crippen molar-refractivity contribution in [3.8, 4) is 0 Å². The average molecular weight is 853 g/mol. The number of hydrogen-bond donors (Lipinski definition) is 2. The molecular formula is C46H53ClN6O8. The molecule has 4 aromatic carbocycles. The number of hydrogen-bond acceptors (Lipinski definition) is 11. The lowest BCUT2D eigenvalue weighted by Crippen LogP contribution is -2.75. The summed E-state index contributed by atoms with van der Waals surface area (Å²) in [6.45, 7) is 13.3. The molecule has 3 atom stereocenters. The molecule has 4 aromatic rings. The number of esters is 2. The lowest BCUT2D eigenvalue weighted by atomic mass is 9.88. The summed E-state index contributed by atoms with van der Waals surface area (Å²) in [4.78, 5) is 96.2. The minimum absolute atomic E-state index is 0. The van der Waals surface area contributed by atoms with Crippen LogP contribution in [0.25, 0.3) is 10.8 Å². The smallest absolute Gasteiger partial charge is 0.363 e. The fraction of sp³-hybridized carbons (Fsp3) is 0.370. The van der Waals surface area contributed by atoms with Gasteiger partial charge in [-0.15, -0.1) is 12.4 Å². The molecule has 0 unspecified atom stereocenters. The largest absolute Gasteiger partial charge is 0.460 e. The van der Waals surface area contributed by atoms with Crippen LogP contribution in [0.15, 0.2) is 102 Å². The molecule has 2 aliphatic rings. The van der Waals surface area contributed by atoms with Crippen LogP contribution in [0.4, 0.5) is 10.5 Å². The van der Waals surface area contributed by atoms with Gasteiger partial charge in [0.15, 0.2) is 5.78 Å². The standard InChI is InChI=1S/C46H52N6O8.ClH/c1-29(53)46(41(57)60-44(5,6)7,51(35-16-10-9-11-17-35)39(55)36(47)27-37(54)59-43(2,3)4)52-40(56)45(8,34-22-20-32(21-23-34)38-48-24-25-49-38)50(42(52)58)28-30-18-19-31-14-12-13-15-33(31)26-30;/h9-23,26,36H,24-25,27-28,47H2,1-8H3,(H,48,49);1H/t36-,45+,46-;/m0./s1. The number of Topliss-reactive ketones (excluding diaryl/α,β-unsaturated/α-hetero) is 1. The van der Waals surface area contributed by atoms with E-state index in [0.29, 0.717) is 35.0 Å². The number of amidine groups is 1. The van der Waals surface area contributed by atoms with Gasteiger partial charge in [0.2, 0.25) is 5.91 Å². The lowest BCUT2D eigenvalue weighted by molar-refractivity contribution is -0.174. The Bertz CT molecular complexity index is 2380. The van der Waals surface area contributed by atoms with Crippen molar-refractivity contribution >= 4 is 70.3 Å². The molecular weight excluding hydrogens is 800 g/mol. The van der Waals surface area contributed by atoms with Gasteiger partial charge in [-0.1, -0.05) is 78.9 Å². The van der Waals surface area contributed by atoms with Crippen molar-refractivity contribution in [2.75, 3.05) is 18.0 Å². The summed E-state index contributed by atoms with van der Waals surface area (Å²) in [7, 11) is 0. The number of halogens is 1. The third kappa shape index (κ3) is 9.01. The highest BCUT2D eigenvalue weighted by molar-refractivity contribution is 6.24. The van der Waals surface area contributed by atoms with Gasteiger partial charge >= 0.3 is 18.0 Å². The van der Waals surface area contributed by atoms with Crippen LogP contribution in [0.1, 0.15) is 78.5 Å². The Hall–Kier alpha value is -6.12. The predicted octanol–water partition coefficient (Wildman–Crippen LogP) is 6.01. The molecule has 322 valence electrons. The molecule has 1 saturated heterocycles. The highest BCUT2D eigenvalue weighted by Gasteiger charge is 2.70. The van der Waals surface area contributed by atoms with Crippen molar-refractivity contribution in [1.29, 1.82) is 0 Å². The Kier molecular flexibility index (Phi) is 13.2. The number of fused-ring (bicyclic) bond motifs is 1. The van der Waals surface area contributed by atoms with Crippen LogP contribution in [0.2, 0.25) is 0 Å². The molecule has 15 heteroatoms. The molecule has 0 radical (unpaired) electrons. The average Bonchev–Trinajstić information content (AvgIpc) is 3.78. The first-order valence-electron chi connectivity index (χ1n) is 19.8. The first kappa shape index (κ1) is 46.0. The number of nitrogens with one attached hydrogen (secondary N) is 1. The number of nitrogens with zero attached hydrogens (tertiary/aromatic N) is 4. The second-order valence-corrected chi connectivity index (χ2v) is 17.1. The van der Waals surface area contributed by atoms with Crippen molar-refractivity contribution in [3.63, 3.8) is 0 Å². The molecule has 2 heterocycles. The summed E-state index contributed by atoms with van der Waals surface area (Å²) in [5, 5.41) is 5.06. The maximum atomic E-state index is 15.7. The van der Waals surface area contributed by atoms with Gasteiger partial charge in [-0.3, -0.25) is 29.1 Å². The van der Waals surface area contributed by atoms with Gasteiger partial charge in [0.1, 0.15) is 22.6 Å². The van der Waals surface area contributed by atoms with E-state index in [4.69, 9.17) is 15.2 Å². The number of benzene rings is 4. The van der Waals surface area contributed by atoms with Crippen molar-refractivity contribution < 1.29 is 38.2 Å². The summed E-state index contributed by atoms with van der Waals surface area (Å²) >= 11 is 0. The third-order valence-electron chi connectivity index (χ3n) is 10.3. The monoisotopic (exact) mass is 852 g/mol. The zero-order valence-corrected chi connectivity index (χ0v) is 36.5. The number of amides is 4. The number of urea groups is 1. The molecule has 4 amide bonds. The Morgan fingerprint density at radius 2 is 1.46 bits per heavy atom. The van der Waals surface area contributed by atoms with E-state index in [1.807, 2.05) is 42.5 Å². The van der Waals surface area contributed by atoms with E-state index in [2.05, 4.69) is 10.3 Å². The first-order chi connectivity index (χ1) is 28.2. The SMILES string of the molecule is CC(=O)[C@@](C(=O)OC(C)(C)C)(N1C(=O)N(Cc2ccc3ccccc3c2)[C@](C)(c2ccc(C3=NCCN3)cc2)C1=O)N(C(=O)[C@@H](N)CC(=O)OC(C)(C)C)c1ccccc1.Cl. The van der Waals surface area contributed by atoms with Crippen molar-refractivity contribution in [1.82, 2.24) is 15.1 Å². The number of anilines is 1. The maximum absolute atomic E-state index is 15.7. The molecule has 0 bridgehead atoms. The summed E-state index contributed by atoms with van der Waals surface area (Å²) in [5.41, 5.74) is 0.940. The Balaban J connectivity index is 0.00000704. The van der Waals surface area contributed by atoms with Gasteiger partial charge in [-0.05, 0) is 95.5 Å². The molecule has 6 rings (SSSR count). The zero-order valence-electron chi connectivity index (χ0n) is 35.7. The van der Waals surface area contributed by atoms with Gasteiger partial charge in [-0.2, -0.15) is 0 Å². The van der Waals surface area contributed by atoms with Crippen LogP contribution in [-0.2, 0) is 45.5 Å². The summed E-state index contributed by atoms with van der Waals surface area (Å²) in [6.07, 6.45) is -0.665. The van der Waals surface area contributed by atoms with E-state index in [9.17, 15) is 14.4 Å². The number of nitrogens with two attached hydrogens (primary N) is 1. The molecule has 3 N–H and O–H groups in total. The Morgan fingerprint density at radius 3 is 2.03 bits per heavy atom. The zero-order chi connectivity index (χ0) is 43.8. The lowest BCUT2D eigenvalue weighted by Gasteiger charge is -2.45. The van der Waals surface area contributed by atoms with Crippen LogP contribution in [0.3, 0.4) is 0 Å². The van der Waals surface area contributed by atoms with Crippen LogP contribution >= 0.6 is 12.4 Å². The molecule has 0 saturated carbocycles. The maximum Gasteiger partial charge on any atom is 0.363 e.